The Morgan fingerprint density at radius 2 is 1.97 bits per heavy atom. The molecule has 2 aromatic carbocycles. The lowest BCUT2D eigenvalue weighted by molar-refractivity contribution is 0.0966. The van der Waals surface area contributed by atoms with Gasteiger partial charge in [0.2, 0.25) is 0 Å². The Labute approximate surface area is 235 Å². The van der Waals surface area contributed by atoms with Crippen molar-refractivity contribution in [2.24, 2.45) is 0 Å². The van der Waals surface area contributed by atoms with Gasteiger partial charge in [0.1, 0.15) is 0 Å². The maximum Gasteiger partial charge on any atom is 0.306 e. The van der Waals surface area contributed by atoms with Crippen molar-refractivity contribution in [1.29, 1.82) is 0 Å². The zero-order valence-electron chi connectivity index (χ0n) is 21.6. The first kappa shape index (κ1) is 30.0. The summed E-state index contributed by atoms with van der Waals surface area (Å²) in [6, 6.07) is 10.6. The molecular formula is C26H34Cl2N4O5S. The molecule has 3 heterocycles. The fourth-order valence-corrected chi connectivity index (χ4v) is 5.83. The highest BCUT2D eigenvalue weighted by Crippen LogP contribution is 2.43. The molecule has 1 saturated heterocycles. The molecule has 0 spiro atoms. The van der Waals surface area contributed by atoms with Crippen LogP contribution in [0.5, 0.6) is 11.5 Å². The van der Waals surface area contributed by atoms with E-state index in [4.69, 9.17) is 8.92 Å². The van der Waals surface area contributed by atoms with Crippen LogP contribution in [0, 0.1) is 0 Å². The van der Waals surface area contributed by atoms with Gasteiger partial charge in [-0.3, -0.25) is 9.69 Å². The molecule has 0 radical (unpaired) electrons. The molecule has 1 unspecified atom stereocenters. The monoisotopic (exact) mass is 584 g/mol. The highest BCUT2D eigenvalue weighted by atomic mass is 35.5. The van der Waals surface area contributed by atoms with Gasteiger partial charge in [-0.2, -0.15) is 8.42 Å². The Hall–Kier alpha value is -2.50. The molecule has 1 aromatic heterocycles. The summed E-state index contributed by atoms with van der Waals surface area (Å²) in [6.45, 7) is 6.43. The first-order valence-corrected chi connectivity index (χ1v) is 14.1. The Morgan fingerprint density at radius 3 is 2.68 bits per heavy atom. The first-order chi connectivity index (χ1) is 17.3. The maximum absolute atomic E-state index is 12.7. The van der Waals surface area contributed by atoms with Crippen LogP contribution in [-0.4, -0.2) is 63.3 Å². The Bertz CT molecular complexity index is 1430. The second kappa shape index (κ2) is 12.1. The van der Waals surface area contributed by atoms with Crippen molar-refractivity contribution in [3.63, 3.8) is 0 Å². The molecule has 3 aromatic rings. The average Bonchev–Trinajstić information content (AvgIpc) is 3.56. The van der Waals surface area contributed by atoms with Gasteiger partial charge in [0.25, 0.3) is 5.91 Å². The van der Waals surface area contributed by atoms with Crippen molar-refractivity contribution in [3.05, 3.63) is 47.0 Å². The van der Waals surface area contributed by atoms with Crippen LogP contribution in [0.1, 0.15) is 41.3 Å². The number of aromatic amines is 1. The lowest BCUT2D eigenvalue weighted by atomic mass is 9.98. The zero-order valence-corrected chi connectivity index (χ0v) is 24.1. The van der Waals surface area contributed by atoms with Gasteiger partial charge >= 0.3 is 10.1 Å². The highest BCUT2D eigenvalue weighted by molar-refractivity contribution is 7.86. The molecule has 0 aliphatic carbocycles. The summed E-state index contributed by atoms with van der Waals surface area (Å²) < 4.78 is 34.3. The van der Waals surface area contributed by atoms with Gasteiger partial charge in [0.05, 0.1) is 18.9 Å². The summed E-state index contributed by atoms with van der Waals surface area (Å²) in [6.07, 6.45) is 3.48. The van der Waals surface area contributed by atoms with Crippen molar-refractivity contribution < 1.29 is 22.1 Å². The number of carbonyl (C=O) groups excluding carboxylic acids is 1. The summed E-state index contributed by atoms with van der Waals surface area (Å²) in [4.78, 5) is 18.7. The van der Waals surface area contributed by atoms with E-state index >= 15 is 0 Å². The number of fused-ring (bicyclic) bond motifs is 2. The highest BCUT2D eigenvalue weighted by Gasteiger charge is 2.32. The van der Waals surface area contributed by atoms with Crippen LogP contribution in [0.25, 0.3) is 22.2 Å². The maximum atomic E-state index is 12.7. The van der Waals surface area contributed by atoms with Crippen molar-refractivity contribution in [2.75, 3.05) is 33.0 Å². The van der Waals surface area contributed by atoms with Crippen LogP contribution < -0.4 is 19.6 Å². The molecule has 38 heavy (non-hydrogen) atoms. The number of H-pyrrole nitrogens is 1. The van der Waals surface area contributed by atoms with Crippen molar-refractivity contribution in [3.8, 4) is 22.8 Å². The van der Waals surface area contributed by atoms with E-state index in [1.54, 1.807) is 6.07 Å². The number of methoxy groups -OCH3 is 1. The van der Waals surface area contributed by atoms with E-state index in [2.05, 4.69) is 39.6 Å². The normalized spacial score (nSPS) is 17.0. The topological polar surface area (TPSA) is 113 Å². The van der Waals surface area contributed by atoms with E-state index in [9.17, 15) is 13.2 Å². The number of hydrogen-bond acceptors (Lipinski definition) is 7. The van der Waals surface area contributed by atoms with Gasteiger partial charge in [0, 0.05) is 53.4 Å². The summed E-state index contributed by atoms with van der Waals surface area (Å²) in [5.74, 6) is 0.0188. The van der Waals surface area contributed by atoms with Crippen LogP contribution in [0.4, 0.5) is 0 Å². The molecule has 1 fully saturated rings. The molecule has 2 aliphatic rings. The summed E-state index contributed by atoms with van der Waals surface area (Å²) in [7, 11) is -2.36. The molecular weight excluding hydrogens is 551 g/mol. The van der Waals surface area contributed by atoms with Crippen LogP contribution in [0.2, 0.25) is 0 Å². The van der Waals surface area contributed by atoms with Crippen molar-refractivity contribution >= 4 is 51.7 Å². The number of carbonyl (C=O) groups is 1. The third-order valence-corrected chi connectivity index (χ3v) is 7.51. The van der Waals surface area contributed by atoms with Crippen LogP contribution in [0.3, 0.4) is 0 Å². The van der Waals surface area contributed by atoms with E-state index in [1.807, 2.05) is 12.1 Å². The smallest absolute Gasteiger partial charge is 0.306 e. The number of nitrogens with one attached hydrogen (secondary N) is 3. The SMILES string of the molecule is CCN1CCCC1CNCc1ccc2[nH]c(-c3cc(OC)c(OS(C)(=O)=O)c4c3C(=O)NC4)cc2c1.Cl.Cl. The van der Waals surface area contributed by atoms with E-state index in [0.29, 0.717) is 22.7 Å². The quantitative estimate of drug-likeness (QED) is 0.327. The molecule has 9 nitrogen and oxygen atoms in total. The number of halogens is 2. The lowest BCUT2D eigenvalue weighted by Crippen LogP contribution is -2.37. The standard InChI is InChI=1S/C26H32N4O5S.2ClH/c1-4-30-9-5-6-18(30)14-27-13-16-7-8-21-17(10-16)11-22(29-21)19-12-23(34-2)25(35-36(3,32)33)20-15-28-26(31)24(19)20;;/h7-8,10-12,18,27,29H,4-6,9,13-15H2,1-3H3,(H,28,31);2*1H. The number of aromatic nitrogens is 1. The third kappa shape index (κ3) is 6.05. The van der Waals surface area contributed by atoms with Gasteiger partial charge in [-0.25, -0.2) is 0 Å². The Morgan fingerprint density at radius 1 is 1.18 bits per heavy atom. The van der Waals surface area contributed by atoms with Crippen LogP contribution in [-0.2, 0) is 23.2 Å². The number of likely N-dealkylation sites (tertiary alicyclic amines) is 1. The second-order valence-corrected chi connectivity index (χ2v) is 11.0. The first-order valence-electron chi connectivity index (χ1n) is 12.3. The third-order valence-electron chi connectivity index (χ3n) is 7.04. The van der Waals surface area contributed by atoms with Gasteiger partial charge in [-0.15, -0.1) is 24.8 Å². The molecule has 1 amide bonds. The number of ether oxygens (including phenoxy) is 1. The molecule has 12 heteroatoms. The molecule has 2 aliphatic heterocycles. The van der Waals surface area contributed by atoms with E-state index in [1.165, 1.54) is 32.1 Å². The van der Waals surface area contributed by atoms with E-state index in [0.717, 1.165) is 42.5 Å². The molecule has 3 N–H and O–H groups in total. The minimum absolute atomic E-state index is 0. The van der Waals surface area contributed by atoms with Crippen LogP contribution >= 0.6 is 24.8 Å². The number of hydrogen-bond donors (Lipinski definition) is 3. The zero-order chi connectivity index (χ0) is 25.4. The van der Waals surface area contributed by atoms with Gasteiger partial charge in [-0.05, 0) is 55.8 Å². The van der Waals surface area contributed by atoms with Crippen molar-refractivity contribution in [1.82, 2.24) is 20.5 Å². The average molecular weight is 586 g/mol. The summed E-state index contributed by atoms with van der Waals surface area (Å²) >= 11 is 0. The molecule has 208 valence electrons. The Kier molecular flexibility index (Phi) is 9.59. The predicted molar refractivity (Wildman–Crippen MR) is 153 cm³/mol. The number of nitrogens with zero attached hydrogens (tertiary/aromatic N) is 1. The van der Waals surface area contributed by atoms with Gasteiger partial charge in [0.15, 0.2) is 11.5 Å². The molecule has 5 rings (SSSR count). The summed E-state index contributed by atoms with van der Waals surface area (Å²) in [5.41, 5.74) is 4.37. The second-order valence-electron chi connectivity index (χ2n) is 9.44. The molecule has 0 bridgehead atoms. The minimum Gasteiger partial charge on any atom is -0.493 e. The predicted octanol–water partition coefficient (Wildman–Crippen LogP) is 3.84. The van der Waals surface area contributed by atoms with E-state index < -0.39 is 10.1 Å². The lowest BCUT2D eigenvalue weighted by Gasteiger charge is -2.23. The van der Waals surface area contributed by atoms with Crippen molar-refractivity contribution in [2.45, 2.75) is 38.9 Å². The largest absolute Gasteiger partial charge is 0.493 e. The summed E-state index contributed by atoms with van der Waals surface area (Å²) in [5, 5.41) is 7.41. The fourth-order valence-electron chi connectivity index (χ4n) is 5.35. The fraction of sp³-hybridized carbons (Fsp3) is 0.423. The molecule has 1 atom stereocenters. The van der Waals surface area contributed by atoms with Crippen LogP contribution in [0.15, 0.2) is 30.3 Å². The van der Waals surface area contributed by atoms with E-state index in [-0.39, 0.29) is 48.8 Å². The number of amides is 1. The van der Waals surface area contributed by atoms with Gasteiger partial charge < -0.3 is 24.5 Å². The minimum atomic E-state index is -3.81. The number of rotatable bonds is 9. The molecule has 0 saturated carbocycles. The Balaban J connectivity index is 0.00000200. The number of benzene rings is 2. The number of likely N-dealkylation sites (N-methyl/N-ethyl adjacent to an activating group) is 1. The van der Waals surface area contributed by atoms with Gasteiger partial charge in [-0.1, -0.05) is 13.0 Å².